The molecule has 0 aromatic heterocycles. The zero-order valence-corrected chi connectivity index (χ0v) is 13.4. The summed E-state index contributed by atoms with van der Waals surface area (Å²) in [5.41, 5.74) is 1.15. The van der Waals surface area contributed by atoms with Crippen molar-refractivity contribution in [2.45, 2.75) is 49.1 Å². The van der Waals surface area contributed by atoms with Crippen molar-refractivity contribution in [3.8, 4) is 0 Å². The van der Waals surface area contributed by atoms with E-state index in [2.05, 4.69) is 10.2 Å². The van der Waals surface area contributed by atoms with E-state index in [-0.39, 0.29) is 0 Å². The van der Waals surface area contributed by atoms with Gasteiger partial charge in [-0.2, -0.15) is 0 Å². The molecular weight excluding hydrogens is 284 g/mol. The maximum Gasteiger partial charge on any atom is 0.175 e. The van der Waals surface area contributed by atoms with Crippen LogP contribution in [0, 0.1) is 0 Å². The Morgan fingerprint density at radius 1 is 1.10 bits per heavy atom. The summed E-state index contributed by atoms with van der Waals surface area (Å²) in [6.07, 6.45) is 7.52. The zero-order valence-electron chi connectivity index (χ0n) is 12.6. The van der Waals surface area contributed by atoms with Crippen LogP contribution in [0.5, 0.6) is 0 Å². The van der Waals surface area contributed by atoms with Gasteiger partial charge >= 0.3 is 0 Å². The van der Waals surface area contributed by atoms with Gasteiger partial charge in [0.15, 0.2) is 9.84 Å². The van der Waals surface area contributed by atoms with Crippen molar-refractivity contribution < 1.29 is 8.42 Å². The molecule has 5 heteroatoms. The molecule has 116 valence electrons. The van der Waals surface area contributed by atoms with Gasteiger partial charge in [-0.1, -0.05) is 0 Å². The Kier molecular flexibility index (Phi) is 4.22. The fourth-order valence-electron chi connectivity index (χ4n) is 3.62. The molecule has 1 aromatic carbocycles. The Bertz CT molecular complexity index is 577. The van der Waals surface area contributed by atoms with Gasteiger partial charge in [-0.05, 0) is 62.9 Å². The highest BCUT2D eigenvalue weighted by Gasteiger charge is 2.31. The minimum Gasteiger partial charge on any atom is -0.367 e. The van der Waals surface area contributed by atoms with Crippen LogP contribution in [0.3, 0.4) is 0 Å². The minimum absolute atomic E-state index is 0.402. The lowest BCUT2D eigenvalue weighted by atomic mass is 9.94. The van der Waals surface area contributed by atoms with Crippen molar-refractivity contribution >= 4 is 15.5 Å². The first kappa shape index (κ1) is 14.9. The normalized spacial score (nSPS) is 27.0. The van der Waals surface area contributed by atoms with Crippen LogP contribution in [0.2, 0.25) is 0 Å². The topological polar surface area (TPSA) is 49.4 Å². The summed E-state index contributed by atoms with van der Waals surface area (Å²) in [6, 6.07) is 8.52. The van der Waals surface area contributed by atoms with Crippen LogP contribution in [-0.4, -0.2) is 39.8 Å². The number of rotatable bonds is 3. The third kappa shape index (κ3) is 3.24. The largest absolute Gasteiger partial charge is 0.367 e. The van der Waals surface area contributed by atoms with Crippen molar-refractivity contribution in [2.75, 3.05) is 24.2 Å². The average molecular weight is 308 g/mol. The van der Waals surface area contributed by atoms with E-state index in [0.717, 1.165) is 18.8 Å². The molecule has 3 rings (SSSR count). The van der Waals surface area contributed by atoms with Gasteiger partial charge in [0.1, 0.15) is 0 Å². The molecule has 2 saturated heterocycles. The molecule has 2 atom stereocenters. The minimum atomic E-state index is -3.11. The molecule has 2 aliphatic heterocycles. The summed E-state index contributed by atoms with van der Waals surface area (Å²) in [7, 11) is -3.11. The number of hydrogen-bond donors (Lipinski definition) is 1. The molecule has 1 aromatic rings. The smallest absolute Gasteiger partial charge is 0.175 e. The molecular formula is C16H24N2O2S. The Hall–Kier alpha value is -1.07. The van der Waals surface area contributed by atoms with E-state index in [1.165, 1.54) is 38.4 Å². The van der Waals surface area contributed by atoms with Gasteiger partial charge in [-0.25, -0.2) is 8.42 Å². The number of piperidine rings is 1. The van der Waals surface area contributed by atoms with E-state index in [1.54, 1.807) is 12.1 Å². The summed E-state index contributed by atoms with van der Waals surface area (Å²) in [4.78, 5) is 2.87. The van der Waals surface area contributed by atoms with E-state index < -0.39 is 9.84 Å². The predicted molar refractivity (Wildman–Crippen MR) is 85.6 cm³/mol. The molecule has 2 fully saturated rings. The number of nitrogens with zero attached hydrogens (tertiary/aromatic N) is 1. The van der Waals surface area contributed by atoms with E-state index in [9.17, 15) is 8.42 Å². The number of nitrogens with one attached hydrogen (secondary N) is 1. The maximum atomic E-state index is 11.6. The standard InChI is InChI=1S/C16H24N2O2S/c1-21(19,20)14-9-7-13(8-10-14)18-12-3-2-6-16(18)15-5-4-11-17-15/h7-10,15-17H,2-6,11-12H2,1H3. The number of benzene rings is 1. The van der Waals surface area contributed by atoms with Crippen molar-refractivity contribution in [3.05, 3.63) is 24.3 Å². The Balaban J connectivity index is 1.82. The summed E-state index contributed by atoms with van der Waals surface area (Å²) < 4.78 is 23.1. The quantitative estimate of drug-likeness (QED) is 0.930. The molecule has 4 nitrogen and oxygen atoms in total. The lowest BCUT2D eigenvalue weighted by Gasteiger charge is -2.41. The molecule has 0 amide bonds. The highest BCUT2D eigenvalue weighted by Crippen LogP contribution is 2.29. The van der Waals surface area contributed by atoms with Gasteiger partial charge in [0.25, 0.3) is 0 Å². The first-order chi connectivity index (χ1) is 10.1. The van der Waals surface area contributed by atoms with Crippen LogP contribution in [-0.2, 0) is 9.84 Å². The summed E-state index contributed by atoms with van der Waals surface area (Å²) in [5.74, 6) is 0. The molecule has 21 heavy (non-hydrogen) atoms. The molecule has 0 saturated carbocycles. The van der Waals surface area contributed by atoms with Crippen molar-refractivity contribution in [1.29, 1.82) is 0 Å². The van der Waals surface area contributed by atoms with Crippen LogP contribution in [0.4, 0.5) is 5.69 Å². The number of sulfone groups is 1. The highest BCUT2D eigenvalue weighted by atomic mass is 32.2. The lowest BCUT2D eigenvalue weighted by molar-refractivity contribution is 0.378. The van der Waals surface area contributed by atoms with Crippen LogP contribution < -0.4 is 10.2 Å². The second kappa shape index (κ2) is 5.97. The number of anilines is 1. The lowest BCUT2D eigenvalue weighted by Crippen LogP contribution is -2.50. The summed E-state index contributed by atoms with van der Waals surface area (Å²) >= 11 is 0. The maximum absolute atomic E-state index is 11.6. The molecule has 2 aliphatic rings. The van der Waals surface area contributed by atoms with Crippen LogP contribution in [0.15, 0.2) is 29.2 Å². The Labute approximate surface area is 127 Å². The van der Waals surface area contributed by atoms with Crippen molar-refractivity contribution in [1.82, 2.24) is 5.32 Å². The molecule has 0 aliphatic carbocycles. The first-order valence-corrected chi connectivity index (χ1v) is 9.75. The van der Waals surface area contributed by atoms with E-state index in [0.29, 0.717) is 17.0 Å². The van der Waals surface area contributed by atoms with Gasteiger partial charge in [0.05, 0.1) is 4.90 Å². The van der Waals surface area contributed by atoms with Crippen LogP contribution in [0.1, 0.15) is 32.1 Å². The van der Waals surface area contributed by atoms with E-state index >= 15 is 0 Å². The van der Waals surface area contributed by atoms with Crippen LogP contribution >= 0.6 is 0 Å². The molecule has 0 spiro atoms. The van der Waals surface area contributed by atoms with Gasteiger partial charge in [-0.15, -0.1) is 0 Å². The van der Waals surface area contributed by atoms with E-state index in [1.807, 2.05) is 12.1 Å². The third-order valence-electron chi connectivity index (χ3n) is 4.71. The highest BCUT2D eigenvalue weighted by molar-refractivity contribution is 7.90. The zero-order chi connectivity index (χ0) is 14.9. The summed E-state index contributed by atoms with van der Waals surface area (Å²) in [5, 5.41) is 3.62. The summed E-state index contributed by atoms with van der Waals surface area (Å²) in [6.45, 7) is 2.20. The second-order valence-electron chi connectivity index (χ2n) is 6.23. The Morgan fingerprint density at radius 3 is 2.48 bits per heavy atom. The number of hydrogen-bond acceptors (Lipinski definition) is 4. The van der Waals surface area contributed by atoms with Crippen molar-refractivity contribution in [3.63, 3.8) is 0 Å². The fourth-order valence-corrected chi connectivity index (χ4v) is 4.25. The van der Waals surface area contributed by atoms with E-state index in [4.69, 9.17) is 0 Å². The molecule has 0 bridgehead atoms. The van der Waals surface area contributed by atoms with Crippen molar-refractivity contribution in [2.24, 2.45) is 0 Å². The molecule has 0 radical (unpaired) electrons. The van der Waals surface area contributed by atoms with Gasteiger partial charge < -0.3 is 10.2 Å². The third-order valence-corrected chi connectivity index (χ3v) is 5.84. The predicted octanol–water partition coefficient (Wildman–Crippen LogP) is 2.20. The fraction of sp³-hybridized carbons (Fsp3) is 0.625. The molecule has 2 heterocycles. The monoisotopic (exact) mass is 308 g/mol. The molecule has 2 unspecified atom stereocenters. The first-order valence-electron chi connectivity index (χ1n) is 7.86. The SMILES string of the molecule is CS(=O)(=O)c1ccc(N2CCCCC2C2CCCN2)cc1. The van der Waals surface area contributed by atoms with Gasteiger partial charge in [0, 0.05) is 30.6 Å². The van der Waals surface area contributed by atoms with Gasteiger partial charge in [0.2, 0.25) is 0 Å². The molecule has 1 N–H and O–H groups in total. The van der Waals surface area contributed by atoms with Gasteiger partial charge in [-0.3, -0.25) is 0 Å². The van der Waals surface area contributed by atoms with Crippen LogP contribution in [0.25, 0.3) is 0 Å². The Morgan fingerprint density at radius 2 is 1.86 bits per heavy atom. The average Bonchev–Trinajstić information content (AvgIpc) is 3.01. The second-order valence-corrected chi connectivity index (χ2v) is 8.24.